The first-order valence-corrected chi connectivity index (χ1v) is 8.52. The molecule has 0 aliphatic carbocycles. The molecule has 5 heteroatoms. The van der Waals surface area contributed by atoms with E-state index in [1.165, 1.54) is 10.5 Å². The van der Waals surface area contributed by atoms with Gasteiger partial charge in [0.15, 0.2) is 0 Å². The standard InChI is InChI=1S/C16H22N2O2S/c1-20-16(7-9-17-10-8-16)15(19)18-13-6-11-21-14-5-3-2-4-12(13)14/h2-5,13,17H,6-11H2,1H3,(H,18,19). The van der Waals surface area contributed by atoms with E-state index < -0.39 is 5.60 Å². The van der Waals surface area contributed by atoms with Crippen molar-refractivity contribution < 1.29 is 9.53 Å². The summed E-state index contributed by atoms with van der Waals surface area (Å²) < 4.78 is 5.61. The third-order valence-electron chi connectivity index (χ3n) is 4.48. The van der Waals surface area contributed by atoms with Crippen LogP contribution in [0.1, 0.15) is 30.9 Å². The van der Waals surface area contributed by atoms with E-state index in [2.05, 4.69) is 28.8 Å². The predicted molar refractivity (Wildman–Crippen MR) is 84.5 cm³/mol. The number of carbonyl (C=O) groups is 1. The highest BCUT2D eigenvalue weighted by Gasteiger charge is 2.40. The molecule has 0 spiro atoms. The molecule has 1 saturated heterocycles. The minimum absolute atomic E-state index is 0.0400. The average Bonchev–Trinajstić information content (AvgIpc) is 2.56. The molecule has 21 heavy (non-hydrogen) atoms. The summed E-state index contributed by atoms with van der Waals surface area (Å²) in [5.74, 6) is 1.09. The fourth-order valence-electron chi connectivity index (χ4n) is 3.14. The molecule has 2 heterocycles. The van der Waals surface area contributed by atoms with E-state index in [-0.39, 0.29) is 11.9 Å². The number of nitrogens with one attached hydrogen (secondary N) is 2. The van der Waals surface area contributed by atoms with E-state index in [0.717, 1.165) is 38.1 Å². The largest absolute Gasteiger partial charge is 0.368 e. The van der Waals surface area contributed by atoms with Gasteiger partial charge in [0, 0.05) is 17.8 Å². The van der Waals surface area contributed by atoms with Gasteiger partial charge in [-0.3, -0.25) is 4.79 Å². The summed E-state index contributed by atoms with van der Waals surface area (Å²) in [6, 6.07) is 8.46. The molecular weight excluding hydrogens is 284 g/mol. The summed E-state index contributed by atoms with van der Waals surface area (Å²) in [5, 5.41) is 6.52. The zero-order valence-corrected chi connectivity index (χ0v) is 13.2. The van der Waals surface area contributed by atoms with Crippen molar-refractivity contribution in [1.82, 2.24) is 10.6 Å². The van der Waals surface area contributed by atoms with E-state index in [0.29, 0.717) is 0 Å². The molecule has 2 aliphatic rings. The first kappa shape index (κ1) is 14.9. The Morgan fingerprint density at radius 2 is 2.14 bits per heavy atom. The number of amides is 1. The number of hydrogen-bond donors (Lipinski definition) is 2. The van der Waals surface area contributed by atoms with Crippen LogP contribution in [0, 0.1) is 0 Å². The van der Waals surface area contributed by atoms with Gasteiger partial charge < -0.3 is 15.4 Å². The Labute approximate surface area is 130 Å². The van der Waals surface area contributed by atoms with Crippen LogP contribution in [-0.4, -0.2) is 37.5 Å². The lowest BCUT2D eigenvalue weighted by atomic mass is 9.90. The third kappa shape index (κ3) is 2.96. The van der Waals surface area contributed by atoms with Crippen LogP contribution in [0.4, 0.5) is 0 Å². The highest BCUT2D eigenvalue weighted by atomic mass is 32.2. The Kier molecular flexibility index (Phi) is 4.52. The summed E-state index contributed by atoms with van der Waals surface area (Å²) in [6.45, 7) is 1.66. The van der Waals surface area contributed by atoms with Crippen LogP contribution in [0.5, 0.6) is 0 Å². The summed E-state index contributed by atoms with van der Waals surface area (Å²) in [4.78, 5) is 14.0. The molecule has 1 aromatic carbocycles. The number of hydrogen-bond acceptors (Lipinski definition) is 4. The van der Waals surface area contributed by atoms with E-state index >= 15 is 0 Å². The molecule has 1 unspecified atom stereocenters. The van der Waals surface area contributed by atoms with Gasteiger partial charge in [-0.15, -0.1) is 11.8 Å². The van der Waals surface area contributed by atoms with Gasteiger partial charge in [-0.25, -0.2) is 0 Å². The fourth-order valence-corrected chi connectivity index (χ4v) is 4.26. The van der Waals surface area contributed by atoms with Crippen molar-refractivity contribution in [2.45, 2.75) is 35.8 Å². The molecule has 1 aromatic rings. The predicted octanol–water partition coefficient (Wildman–Crippen LogP) is 2.11. The van der Waals surface area contributed by atoms with Crippen LogP contribution in [0.15, 0.2) is 29.2 Å². The van der Waals surface area contributed by atoms with Crippen molar-refractivity contribution in [2.75, 3.05) is 26.0 Å². The SMILES string of the molecule is COC1(C(=O)NC2CCSc3ccccc32)CCNCC1. The third-order valence-corrected chi connectivity index (χ3v) is 5.60. The van der Waals surface area contributed by atoms with Gasteiger partial charge in [0.05, 0.1) is 6.04 Å². The molecule has 0 saturated carbocycles. The van der Waals surface area contributed by atoms with Gasteiger partial charge >= 0.3 is 0 Å². The summed E-state index contributed by atoms with van der Waals surface area (Å²) >= 11 is 1.87. The first-order chi connectivity index (χ1) is 10.2. The summed E-state index contributed by atoms with van der Waals surface area (Å²) in [5.41, 5.74) is 0.576. The second-order valence-corrected chi connectivity index (χ2v) is 6.79. The minimum Gasteiger partial charge on any atom is -0.368 e. The lowest BCUT2D eigenvalue weighted by molar-refractivity contribution is -0.147. The van der Waals surface area contributed by atoms with Crippen LogP contribution in [-0.2, 0) is 9.53 Å². The summed E-state index contributed by atoms with van der Waals surface area (Å²) in [7, 11) is 1.65. The maximum Gasteiger partial charge on any atom is 0.252 e. The quantitative estimate of drug-likeness (QED) is 0.898. The monoisotopic (exact) mass is 306 g/mol. The molecule has 2 aliphatic heterocycles. The Bertz CT molecular complexity index is 515. The van der Waals surface area contributed by atoms with Gasteiger partial charge in [0.1, 0.15) is 5.60 Å². The Morgan fingerprint density at radius 1 is 1.38 bits per heavy atom. The first-order valence-electron chi connectivity index (χ1n) is 7.54. The van der Waals surface area contributed by atoms with E-state index in [1.54, 1.807) is 7.11 Å². The molecule has 0 aromatic heterocycles. The van der Waals surface area contributed by atoms with Gasteiger partial charge in [-0.2, -0.15) is 0 Å². The van der Waals surface area contributed by atoms with Crippen LogP contribution >= 0.6 is 11.8 Å². The Hall–Kier alpha value is -1.04. The van der Waals surface area contributed by atoms with Crippen molar-refractivity contribution >= 4 is 17.7 Å². The molecule has 2 N–H and O–H groups in total. The molecule has 0 bridgehead atoms. The van der Waals surface area contributed by atoms with Gasteiger partial charge in [-0.1, -0.05) is 18.2 Å². The van der Waals surface area contributed by atoms with Crippen LogP contribution < -0.4 is 10.6 Å². The average molecular weight is 306 g/mol. The van der Waals surface area contributed by atoms with Crippen molar-refractivity contribution in [2.24, 2.45) is 0 Å². The number of methoxy groups -OCH3 is 1. The van der Waals surface area contributed by atoms with Crippen molar-refractivity contribution in [3.8, 4) is 0 Å². The van der Waals surface area contributed by atoms with Crippen molar-refractivity contribution in [3.63, 3.8) is 0 Å². The van der Waals surface area contributed by atoms with Crippen LogP contribution in [0.3, 0.4) is 0 Å². The highest BCUT2D eigenvalue weighted by molar-refractivity contribution is 7.99. The van der Waals surface area contributed by atoms with Gasteiger partial charge in [-0.05, 0) is 44.0 Å². The highest BCUT2D eigenvalue weighted by Crippen LogP contribution is 2.36. The van der Waals surface area contributed by atoms with E-state index in [9.17, 15) is 4.79 Å². The molecule has 4 nitrogen and oxygen atoms in total. The number of rotatable bonds is 3. The van der Waals surface area contributed by atoms with Crippen LogP contribution in [0.2, 0.25) is 0 Å². The maximum absolute atomic E-state index is 12.8. The molecule has 1 atom stereocenters. The lowest BCUT2D eigenvalue weighted by Crippen LogP contribution is -2.54. The smallest absolute Gasteiger partial charge is 0.252 e. The summed E-state index contributed by atoms with van der Waals surface area (Å²) in [6.07, 6.45) is 2.45. The number of fused-ring (bicyclic) bond motifs is 1. The molecule has 1 fully saturated rings. The maximum atomic E-state index is 12.8. The second kappa shape index (κ2) is 6.38. The molecular formula is C16H22N2O2S. The number of benzene rings is 1. The number of ether oxygens (including phenoxy) is 1. The number of piperidine rings is 1. The second-order valence-electron chi connectivity index (χ2n) is 5.65. The van der Waals surface area contributed by atoms with Gasteiger partial charge in [0.2, 0.25) is 0 Å². The molecule has 1 amide bonds. The minimum atomic E-state index is -0.662. The van der Waals surface area contributed by atoms with E-state index in [1.807, 2.05) is 17.8 Å². The number of carbonyl (C=O) groups excluding carboxylic acids is 1. The zero-order valence-electron chi connectivity index (χ0n) is 12.4. The normalized spacial score (nSPS) is 24.1. The van der Waals surface area contributed by atoms with Crippen LogP contribution in [0.25, 0.3) is 0 Å². The Balaban J connectivity index is 1.76. The fraction of sp³-hybridized carbons (Fsp3) is 0.562. The number of thioether (sulfide) groups is 1. The molecule has 3 rings (SSSR count). The van der Waals surface area contributed by atoms with Crippen molar-refractivity contribution in [1.29, 1.82) is 0 Å². The molecule has 0 radical (unpaired) electrons. The lowest BCUT2D eigenvalue weighted by Gasteiger charge is -2.37. The van der Waals surface area contributed by atoms with E-state index in [4.69, 9.17) is 4.74 Å². The topological polar surface area (TPSA) is 50.4 Å². The van der Waals surface area contributed by atoms with Crippen molar-refractivity contribution in [3.05, 3.63) is 29.8 Å². The Morgan fingerprint density at radius 3 is 2.90 bits per heavy atom. The zero-order chi connectivity index (χ0) is 14.7. The molecule has 114 valence electrons. The van der Waals surface area contributed by atoms with Gasteiger partial charge in [0.25, 0.3) is 5.91 Å².